The predicted molar refractivity (Wildman–Crippen MR) is 72.4 cm³/mol. The summed E-state index contributed by atoms with van der Waals surface area (Å²) in [6.45, 7) is -0.168. The maximum atomic E-state index is 14.6. The van der Waals surface area contributed by atoms with Gasteiger partial charge in [0.1, 0.15) is 18.0 Å². The minimum absolute atomic E-state index is 0.0686. The summed E-state index contributed by atoms with van der Waals surface area (Å²) >= 11 is 0. The van der Waals surface area contributed by atoms with Gasteiger partial charge in [0.05, 0.1) is 0 Å². The summed E-state index contributed by atoms with van der Waals surface area (Å²) in [5.41, 5.74) is 6.07. The number of anilines is 1. The van der Waals surface area contributed by atoms with E-state index in [1.54, 1.807) is 4.72 Å². The number of phenols is 1. The first-order valence-electron chi connectivity index (χ1n) is 6.40. The van der Waals surface area contributed by atoms with E-state index in [-0.39, 0.29) is 5.92 Å². The number of carbonyl (C=O) groups excluding carboxylic acids is 1. The Morgan fingerprint density at radius 2 is 2.19 bits per heavy atom. The fourth-order valence-electron chi connectivity index (χ4n) is 2.84. The Hall–Kier alpha value is -1.87. The molecule has 21 heavy (non-hydrogen) atoms. The molecule has 1 unspecified atom stereocenters. The fourth-order valence-corrected chi connectivity index (χ4v) is 4.00. The van der Waals surface area contributed by atoms with Crippen molar-refractivity contribution in [3.8, 4) is 5.75 Å². The highest BCUT2D eigenvalue weighted by Crippen LogP contribution is 2.41. The summed E-state index contributed by atoms with van der Waals surface area (Å²) in [5, 5.41) is 9.98. The van der Waals surface area contributed by atoms with Gasteiger partial charge in [0, 0.05) is 0 Å². The highest BCUT2D eigenvalue weighted by atomic mass is 32.2. The molecule has 0 radical (unpaired) electrons. The standard InChI is InChI=1S/C12H14FN3O4S/c13-11-8-2-6(4-14)1-7(8)3-9(17)12(11)16-5-10(18)15-21(16,19)20/h3,6,17H,1-2,4-5,14H2,(H,15,18). The highest BCUT2D eigenvalue weighted by Gasteiger charge is 2.39. The van der Waals surface area contributed by atoms with Crippen molar-refractivity contribution >= 4 is 21.8 Å². The number of halogens is 1. The van der Waals surface area contributed by atoms with Gasteiger partial charge in [0.15, 0.2) is 5.82 Å². The van der Waals surface area contributed by atoms with E-state index in [4.69, 9.17) is 5.73 Å². The third-order valence-corrected chi connectivity index (χ3v) is 5.20. The molecule has 0 aromatic heterocycles. The number of nitrogens with one attached hydrogen (secondary N) is 1. The van der Waals surface area contributed by atoms with Crippen LogP contribution in [0.3, 0.4) is 0 Å². The topological polar surface area (TPSA) is 113 Å². The average molecular weight is 315 g/mol. The summed E-state index contributed by atoms with van der Waals surface area (Å²) in [5.74, 6) is -2.00. The molecule has 7 nitrogen and oxygen atoms in total. The lowest BCUT2D eigenvalue weighted by Crippen LogP contribution is -2.30. The summed E-state index contributed by atoms with van der Waals surface area (Å²) in [6.07, 6.45) is 0.931. The Balaban J connectivity index is 2.12. The van der Waals surface area contributed by atoms with E-state index in [0.717, 1.165) is 0 Å². The number of nitrogens with zero attached hydrogens (tertiary/aromatic N) is 1. The van der Waals surface area contributed by atoms with Crippen molar-refractivity contribution in [1.82, 2.24) is 4.72 Å². The van der Waals surface area contributed by atoms with E-state index in [0.29, 0.717) is 34.8 Å². The lowest BCUT2D eigenvalue weighted by atomic mass is 10.1. The normalized spacial score (nSPS) is 23.2. The van der Waals surface area contributed by atoms with Crippen LogP contribution in [-0.4, -0.2) is 32.5 Å². The van der Waals surface area contributed by atoms with Crippen LogP contribution in [0.25, 0.3) is 0 Å². The van der Waals surface area contributed by atoms with Gasteiger partial charge < -0.3 is 10.8 Å². The number of benzene rings is 1. The Kier molecular flexibility index (Phi) is 3.06. The molecule has 3 rings (SSSR count). The second kappa shape index (κ2) is 4.57. The van der Waals surface area contributed by atoms with Crippen molar-refractivity contribution in [2.75, 3.05) is 17.4 Å². The molecule has 0 saturated carbocycles. The molecule has 0 bridgehead atoms. The van der Waals surface area contributed by atoms with Gasteiger partial charge in [-0.3, -0.25) is 4.79 Å². The number of carbonyl (C=O) groups is 1. The van der Waals surface area contributed by atoms with E-state index in [1.165, 1.54) is 6.07 Å². The molecule has 4 N–H and O–H groups in total. The maximum absolute atomic E-state index is 14.6. The number of fused-ring (bicyclic) bond motifs is 1. The minimum Gasteiger partial charge on any atom is -0.506 e. The molecule has 1 fully saturated rings. The van der Waals surface area contributed by atoms with Crippen LogP contribution in [0.2, 0.25) is 0 Å². The van der Waals surface area contributed by atoms with Crippen LogP contribution in [-0.2, 0) is 27.8 Å². The maximum Gasteiger partial charge on any atom is 0.326 e. The molecular formula is C12H14FN3O4S. The van der Waals surface area contributed by atoms with Crippen molar-refractivity contribution in [3.63, 3.8) is 0 Å². The molecule has 1 saturated heterocycles. The van der Waals surface area contributed by atoms with Gasteiger partial charge in [-0.05, 0) is 42.5 Å². The summed E-state index contributed by atoms with van der Waals surface area (Å²) in [7, 11) is -4.16. The fraction of sp³-hybridized carbons (Fsp3) is 0.417. The Bertz CT molecular complexity index is 735. The van der Waals surface area contributed by atoms with Crippen LogP contribution in [0.15, 0.2) is 6.07 Å². The lowest BCUT2D eigenvalue weighted by Gasteiger charge is -2.18. The second-order valence-electron chi connectivity index (χ2n) is 5.24. The molecule has 1 aliphatic heterocycles. The average Bonchev–Trinajstić information content (AvgIpc) is 2.90. The van der Waals surface area contributed by atoms with Crippen LogP contribution in [0.5, 0.6) is 5.75 Å². The molecule has 0 spiro atoms. The second-order valence-corrected chi connectivity index (χ2v) is 6.84. The number of rotatable bonds is 2. The molecule has 114 valence electrons. The zero-order valence-corrected chi connectivity index (χ0v) is 11.8. The summed E-state index contributed by atoms with van der Waals surface area (Å²) in [4.78, 5) is 11.2. The lowest BCUT2D eigenvalue weighted by molar-refractivity contribution is -0.117. The van der Waals surface area contributed by atoms with Crippen molar-refractivity contribution in [3.05, 3.63) is 23.0 Å². The molecule has 1 aliphatic carbocycles. The monoisotopic (exact) mass is 315 g/mol. The van der Waals surface area contributed by atoms with Crippen LogP contribution >= 0.6 is 0 Å². The van der Waals surface area contributed by atoms with Crippen LogP contribution in [0, 0.1) is 11.7 Å². The Morgan fingerprint density at radius 1 is 1.48 bits per heavy atom. The van der Waals surface area contributed by atoms with Gasteiger partial charge in [0.2, 0.25) is 0 Å². The molecule has 1 heterocycles. The Labute approximate surface area is 120 Å². The molecule has 1 atom stereocenters. The summed E-state index contributed by atoms with van der Waals surface area (Å²) in [6, 6.07) is 1.35. The summed E-state index contributed by atoms with van der Waals surface area (Å²) < 4.78 is 40.5. The van der Waals surface area contributed by atoms with Crippen molar-refractivity contribution in [2.45, 2.75) is 12.8 Å². The van der Waals surface area contributed by atoms with E-state index in [9.17, 15) is 22.7 Å². The first kappa shape index (κ1) is 14.1. The van der Waals surface area contributed by atoms with E-state index >= 15 is 0 Å². The van der Waals surface area contributed by atoms with E-state index in [2.05, 4.69) is 0 Å². The van der Waals surface area contributed by atoms with Crippen molar-refractivity contribution in [1.29, 1.82) is 0 Å². The number of hydrogen-bond donors (Lipinski definition) is 3. The molecule has 1 aromatic rings. The van der Waals surface area contributed by atoms with E-state index in [1.807, 2.05) is 0 Å². The van der Waals surface area contributed by atoms with Crippen LogP contribution < -0.4 is 14.8 Å². The van der Waals surface area contributed by atoms with Crippen LogP contribution in [0.4, 0.5) is 10.1 Å². The van der Waals surface area contributed by atoms with E-state index < -0.39 is 39.9 Å². The largest absolute Gasteiger partial charge is 0.506 e. The zero-order valence-electron chi connectivity index (χ0n) is 11.0. The first-order valence-corrected chi connectivity index (χ1v) is 7.84. The van der Waals surface area contributed by atoms with Gasteiger partial charge in [-0.2, -0.15) is 8.42 Å². The minimum atomic E-state index is -4.16. The van der Waals surface area contributed by atoms with Crippen LogP contribution in [0.1, 0.15) is 11.1 Å². The quantitative estimate of drug-likeness (QED) is 0.673. The number of aromatic hydroxyl groups is 1. The van der Waals surface area contributed by atoms with Gasteiger partial charge in [-0.25, -0.2) is 13.4 Å². The SMILES string of the molecule is NCC1Cc2cc(O)c(N3CC(=O)NS3(=O)=O)c(F)c2C1. The van der Waals surface area contributed by atoms with Gasteiger partial charge in [0.25, 0.3) is 5.91 Å². The van der Waals surface area contributed by atoms with Crippen molar-refractivity contribution < 1.29 is 22.7 Å². The third kappa shape index (κ3) is 2.12. The predicted octanol–water partition coefficient (Wildman–Crippen LogP) is -0.614. The molecule has 9 heteroatoms. The highest BCUT2D eigenvalue weighted by molar-refractivity contribution is 7.92. The van der Waals surface area contributed by atoms with Crippen molar-refractivity contribution in [2.24, 2.45) is 11.7 Å². The molecule has 2 aliphatic rings. The number of phenolic OH excluding ortho intramolecular Hbond substituents is 1. The van der Waals surface area contributed by atoms with Gasteiger partial charge >= 0.3 is 10.2 Å². The van der Waals surface area contributed by atoms with Gasteiger partial charge in [-0.1, -0.05) is 0 Å². The number of amides is 1. The zero-order chi connectivity index (χ0) is 15.4. The molecular weight excluding hydrogens is 301 g/mol. The number of hydrogen-bond acceptors (Lipinski definition) is 5. The Morgan fingerprint density at radius 3 is 2.76 bits per heavy atom. The molecule has 1 amide bonds. The van der Waals surface area contributed by atoms with Gasteiger partial charge in [-0.15, -0.1) is 0 Å². The number of nitrogens with two attached hydrogens (primary N) is 1. The molecule has 1 aromatic carbocycles. The first-order chi connectivity index (χ1) is 9.83. The third-order valence-electron chi connectivity index (χ3n) is 3.82. The smallest absolute Gasteiger partial charge is 0.326 e.